The molecule has 9 nitrogen and oxygen atoms in total. The molecule has 3 atom stereocenters. The summed E-state index contributed by atoms with van der Waals surface area (Å²) in [4.78, 5) is 53.9. The standard InChI is InChI=1S/C35H41FN4O5/c1-22(2)28-20-45-29-13-9-8-12-26(29)32(42)38-27(33(43)37-21-35(3,4)24-14-16-25(36)17-15-24)18-19-30(41)40-31(34(44)39-28)23-10-6-5-7-11-23/h5-17,22,27-28,31H,18-21H2,1-4H3,(H,37,43)(H,38,42)(H,39,44)(H,40,41)/t27-,28-,31-/m0/s1. The first-order valence-electron chi connectivity index (χ1n) is 15.2. The minimum atomic E-state index is -1.07. The molecule has 0 saturated carbocycles. The molecule has 0 unspecified atom stereocenters. The van der Waals surface area contributed by atoms with Crippen LogP contribution in [-0.4, -0.2) is 48.9 Å². The molecule has 1 aliphatic rings. The van der Waals surface area contributed by atoms with E-state index in [1.807, 2.05) is 33.8 Å². The fourth-order valence-electron chi connectivity index (χ4n) is 5.02. The van der Waals surface area contributed by atoms with Crippen molar-refractivity contribution < 1.29 is 28.3 Å². The monoisotopic (exact) mass is 616 g/mol. The molecule has 4 rings (SSSR count). The molecule has 45 heavy (non-hydrogen) atoms. The zero-order valence-electron chi connectivity index (χ0n) is 26.1. The van der Waals surface area contributed by atoms with Crippen molar-refractivity contribution in [1.29, 1.82) is 0 Å². The number of amides is 4. The summed E-state index contributed by atoms with van der Waals surface area (Å²) < 4.78 is 19.6. The Hall–Kier alpha value is -4.73. The highest BCUT2D eigenvalue weighted by molar-refractivity contribution is 6.00. The van der Waals surface area contributed by atoms with E-state index in [-0.39, 0.29) is 43.3 Å². The van der Waals surface area contributed by atoms with E-state index in [0.29, 0.717) is 11.3 Å². The highest BCUT2D eigenvalue weighted by Crippen LogP contribution is 2.24. The first kappa shape index (κ1) is 33.2. The van der Waals surface area contributed by atoms with Crippen molar-refractivity contribution in [3.05, 3.63) is 101 Å². The molecule has 0 radical (unpaired) electrons. The van der Waals surface area contributed by atoms with Crippen LogP contribution in [0.2, 0.25) is 0 Å². The van der Waals surface area contributed by atoms with Crippen LogP contribution in [0.1, 0.15) is 68.1 Å². The van der Waals surface area contributed by atoms with E-state index in [9.17, 15) is 23.6 Å². The van der Waals surface area contributed by atoms with Crippen LogP contribution in [0.3, 0.4) is 0 Å². The van der Waals surface area contributed by atoms with Gasteiger partial charge in [0.15, 0.2) is 0 Å². The van der Waals surface area contributed by atoms with Gasteiger partial charge in [-0.05, 0) is 47.7 Å². The van der Waals surface area contributed by atoms with Crippen LogP contribution in [0.15, 0.2) is 78.9 Å². The van der Waals surface area contributed by atoms with Gasteiger partial charge in [-0.3, -0.25) is 19.2 Å². The number of halogens is 1. The largest absolute Gasteiger partial charge is 0.491 e. The Balaban J connectivity index is 1.61. The maximum atomic E-state index is 13.6. The van der Waals surface area contributed by atoms with Crippen molar-refractivity contribution in [2.45, 2.75) is 64.1 Å². The number of benzene rings is 3. The van der Waals surface area contributed by atoms with Gasteiger partial charge in [0.1, 0.15) is 30.3 Å². The lowest BCUT2D eigenvalue weighted by Gasteiger charge is -2.27. The predicted octanol–water partition coefficient (Wildman–Crippen LogP) is 4.19. The third-order valence-electron chi connectivity index (χ3n) is 8.00. The van der Waals surface area contributed by atoms with Crippen LogP contribution in [0, 0.1) is 11.7 Å². The van der Waals surface area contributed by atoms with Gasteiger partial charge in [0.2, 0.25) is 17.7 Å². The Morgan fingerprint density at radius 3 is 2.29 bits per heavy atom. The lowest BCUT2D eigenvalue weighted by molar-refractivity contribution is -0.130. The summed E-state index contributed by atoms with van der Waals surface area (Å²) in [5.41, 5.74) is 1.10. The molecule has 0 spiro atoms. The summed E-state index contributed by atoms with van der Waals surface area (Å²) in [5.74, 6) is -1.94. The number of hydrogen-bond acceptors (Lipinski definition) is 5. The van der Waals surface area contributed by atoms with Gasteiger partial charge in [-0.1, -0.05) is 82.3 Å². The van der Waals surface area contributed by atoms with Crippen molar-refractivity contribution >= 4 is 23.6 Å². The molecule has 4 amide bonds. The van der Waals surface area contributed by atoms with Crippen LogP contribution >= 0.6 is 0 Å². The molecule has 0 saturated heterocycles. The van der Waals surface area contributed by atoms with E-state index >= 15 is 0 Å². The second-order valence-corrected chi connectivity index (χ2v) is 12.3. The van der Waals surface area contributed by atoms with Crippen LogP contribution in [0.25, 0.3) is 0 Å². The second-order valence-electron chi connectivity index (χ2n) is 12.3. The van der Waals surface area contributed by atoms with E-state index < -0.39 is 47.2 Å². The molecule has 0 aliphatic carbocycles. The van der Waals surface area contributed by atoms with E-state index in [1.54, 1.807) is 60.7 Å². The van der Waals surface area contributed by atoms with Crippen LogP contribution in [0.4, 0.5) is 4.39 Å². The zero-order chi connectivity index (χ0) is 32.6. The smallest absolute Gasteiger partial charge is 0.255 e. The third-order valence-corrected chi connectivity index (χ3v) is 8.00. The molecule has 3 aromatic carbocycles. The van der Waals surface area contributed by atoms with Crippen molar-refractivity contribution in [2.24, 2.45) is 5.92 Å². The minimum absolute atomic E-state index is 0.0232. The lowest BCUT2D eigenvalue weighted by Crippen LogP contribution is -2.50. The molecule has 10 heteroatoms. The van der Waals surface area contributed by atoms with E-state index in [0.717, 1.165) is 5.56 Å². The molecule has 3 aromatic rings. The molecule has 1 heterocycles. The fourth-order valence-corrected chi connectivity index (χ4v) is 5.02. The molecular formula is C35H41FN4O5. The highest BCUT2D eigenvalue weighted by atomic mass is 19.1. The molecule has 1 aliphatic heterocycles. The van der Waals surface area contributed by atoms with Crippen LogP contribution < -0.4 is 26.0 Å². The van der Waals surface area contributed by atoms with Crippen molar-refractivity contribution in [2.75, 3.05) is 13.2 Å². The highest BCUT2D eigenvalue weighted by Gasteiger charge is 2.30. The molecular weight excluding hydrogens is 575 g/mol. The van der Waals surface area contributed by atoms with Gasteiger partial charge in [-0.25, -0.2) is 4.39 Å². The Morgan fingerprint density at radius 1 is 0.933 bits per heavy atom. The first-order valence-corrected chi connectivity index (χ1v) is 15.2. The third kappa shape index (κ3) is 8.90. The number of hydrogen-bond donors (Lipinski definition) is 4. The molecule has 0 aromatic heterocycles. The number of rotatable bonds is 6. The molecule has 4 N–H and O–H groups in total. The Kier molecular flexibility index (Phi) is 10.9. The quantitative estimate of drug-likeness (QED) is 0.331. The van der Waals surface area contributed by atoms with Gasteiger partial charge in [0.25, 0.3) is 5.91 Å². The first-order chi connectivity index (χ1) is 21.4. The molecule has 0 bridgehead atoms. The summed E-state index contributed by atoms with van der Waals surface area (Å²) in [5, 5.41) is 11.5. The van der Waals surface area contributed by atoms with Gasteiger partial charge in [0, 0.05) is 18.4 Å². The van der Waals surface area contributed by atoms with E-state index in [1.165, 1.54) is 12.1 Å². The van der Waals surface area contributed by atoms with Gasteiger partial charge >= 0.3 is 0 Å². The minimum Gasteiger partial charge on any atom is -0.491 e. The van der Waals surface area contributed by atoms with E-state index in [4.69, 9.17) is 4.74 Å². The maximum absolute atomic E-state index is 13.6. The maximum Gasteiger partial charge on any atom is 0.255 e. The Morgan fingerprint density at radius 2 is 1.60 bits per heavy atom. The fraction of sp³-hybridized carbons (Fsp3) is 0.371. The number of fused-ring (bicyclic) bond motifs is 1. The molecule has 0 fully saturated rings. The zero-order valence-corrected chi connectivity index (χ0v) is 26.1. The Bertz CT molecular complexity index is 1490. The number of para-hydroxylation sites is 1. The second kappa shape index (κ2) is 14.8. The van der Waals surface area contributed by atoms with Crippen LogP contribution in [-0.2, 0) is 19.8 Å². The van der Waals surface area contributed by atoms with Gasteiger partial charge in [-0.2, -0.15) is 0 Å². The number of ether oxygens (including phenoxy) is 1. The number of nitrogens with one attached hydrogen (secondary N) is 4. The van der Waals surface area contributed by atoms with Crippen molar-refractivity contribution in [3.63, 3.8) is 0 Å². The van der Waals surface area contributed by atoms with E-state index in [2.05, 4.69) is 21.3 Å². The summed E-state index contributed by atoms with van der Waals surface area (Å²) in [6.07, 6.45) is -0.163. The summed E-state index contributed by atoms with van der Waals surface area (Å²) >= 11 is 0. The van der Waals surface area contributed by atoms with Crippen molar-refractivity contribution in [3.8, 4) is 5.75 Å². The van der Waals surface area contributed by atoms with Crippen molar-refractivity contribution in [1.82, 2.24) is 21.3 Å². The SMILES string of the molecule is CC(C)[C@@H]1COc2ccccc2C(=O)N[C@H](C(=O)NCC(C)(C)c2ccc(F)cc2)CCC(=O)N[C@@H](c2ccccc2)C(=O)N1. The summed E-state index contributed by atoms with van der Waals surface area (Å²) in [6.45, 7) is 7.98. The summed E-state index contributed by atoms with van der Waals surface area (Å²) in [6, 6.07) is 19.2. The molecule has 238 valence electrons. The average Bonchev–Trinajstić information content (AvgIpc) is 3.03. The average molecular weight is 617 g/mol. The normalized spacial score (nSPS) is 20.0. The Labute approximate surface area is 263 Å². The van der Waals surface area contributed by atoms with Gasteiger partial charge in [-0.15, -0.1) is 0 Å². The number of carbonyl (C=O) groups is 4. The predicted molar refractivity (Wildman–Crippen MR) is 169 cm³/mol. The lowest BCUT2D eigenvalue weighted by atomic mass is 9.84. The number of carbonyl (C=O) groups excluding carboxylic acids is 4. The summed E-state index contributed by atoms with van der Waals surface area (Å²) in [7, 11) is 0. The van der Waals surface area contributed by atoms with Gasteiger partial charge in [0.05, 0.1) is 11.6 Å². The van der Waals surface area contributed by atoms with Crippen LogP contribution in [0.5, 0.6) is 5.75 Å². The van der Waals surface area contributed by atoms with Gasteiger partial charge < -0.3 is 26.0 Å². The topological polar surface area (TPSA) is 126 Å².